The highest BCUT2D eigenvalue weighted by atomic mass is 32.1. The van der Waals surface area contributed by atoms with Crippen molar-refractivity contribution in [2.45, 2.75) is 31.8 Å². The van der Waals surface area contributed by atoms with Crippen LogP contribution < -0.4 is 4.74 Å². The average molecular weight is 275 g/mol. The van der Waals surface area contributed by atoms with Crippen LogP contribution in [0.4, 0.5) is 0 Å². The molecule has 3 rings (SSSR count). The Balaban J connectivity index is 1.83. The molecule has 1 aromatic heterocycles. The Morgan fingerprint density at radius 2 is 2.37 bits per heavy atom. The zero-order valence-corrected chi connectivity index (χ0v) is 11.7. The van der Waals surface area contributed by atoms with Gasteiger partial charge < -0.3 is 9.84 Å². The maximum absolute atomic E-state index is 9.95. The van der Waals surface area contributed by atoms with Crippen LogP contribution in [0.5, 0.6) is 5.75 Å². The lowest BCUT2D eigenvalue weighted by molar-refractivity contribution is 0.153. The SMILES string of the molecule is COc1cccc(Cc2nc3c(s2)CCCC3O)c1. The minimum absolute atomic E-state index is 0.362. The Labute approximate surface area is 116 Å². The summed E-state index contributed by atoms with van der Waals surface area (Å²) in [5.74, 6) is 0.874. The van der Waals surface area contributed by atoms with Crippen molar-refractivity contribution < 1.29 is 9.84 Å². The van der Waals surface area contributed by atoms with Gasteiger partial charge in [0.15, 0.2) is 0 Å². The Morgan fingerprint density at radius 1 is 1.47 bits per heavy atom. The molecule has 0 fully saturated rings. The number of ether oxygens (including phenoxy) is 1. The highest BCUT2D eigenvalue weighted by Gasteiger charge is 2.22. The highest BCUT2D eigenvalue weighted by molar-refractivity contribution is 7.11. The molecule has 1 aromatic carbocycles. The average Bonchev–Trinajstić information content (AvgIpc) is 2.83. The van der Waals surface area contributed by atoms with Crippen LogP contribution in [-0.4, -0.2) is 17.2 Å². The van der Waals surface area contributed by atoms with Crippen LogP contribution in [0.3, 0.4) is 0 Å². The summed E-state index contributed by atoms with van der Waals surface area (Å²) in [5, 5.41) is 11.0. The topological polar surface area (TPSA) is 42.4 Å². The number of benzene rings is 1. The van der Waals surface area contributed by atoms with Gasteiger partial charge in [0.25, 0.3) is 0 Å². The molecule has 0 aliphatic heterocycles. The van der Waals surface area contributed by atoms with Crippen LogP contribution in [0, 0.1) is 0 Å². The summed E-state index contributed by atoms with van der Waals surface area (Å²) in [5.41, 5.74) is 2.11. The van der Waals surface area contributed by atoms with Crippen molar-refractivity contribution in [1.29, 1.82) is 0 Å². The standard InChI is InChI=1S/C15H17NO2S/c1-18-11-5-2-4-10(8-11)9-14-16-15-12(17)6-3-7-13(15)19-14/h2,4-5,8,12,17H,3,6-7,9H2,1H3. The summed E-state index contributed by atoms with van der Waals surface area (Å²) < 4.78 is 5.23. The van der Waals surface area contributed by atoms with Crippen molar-refractivity contribution in [1.82, 2.24) is 4.98 Å². The smallest absolute Gasteiger partial charge is 0.119 e. The fraction of sp³-hybridized carbons (Fsp3) is 0.400. The van der Waals surface area contributed by atoms with Crippen LogP contribution in [-0.2, 0) is 12.8 Å². The first-order valence-electron chi connectivity index (χ1n) is 6.55. The molecule has 1 atom stereocenters. The number of hydrogen-bond acceptors (Lipinski definition) is 4. The van der Waals surface area contributed by atoms with E-state index in [1.807, 2.05) is 18.2 Å². The number of hydrogen-bond donors (Lipinski definition) is 1. The number of aryl methyl sites for hydroxylation is 1. The van der Waals surface area contributed by atoms with Gasteiger partial charge in [0.2, 0.25) is 0 Å². The second-order valence-corrected chi connectivity index (χ2v) is 6.02. The molecule has 0 saturated heterocycles. The van der Waals surface area contributed by atoms with Gasteiger partial charge in [-0.25, -0.2) is 4.98 Å². The minimum atomic E-state index is -0.362. The molecule has 1 N–H and O–H groups in total. The first-order valence-corrected chi connectivity index (χ1v) is 7.37. The van der Waals surface area contributed by atoms with Crippen molar-refractivity contribution in [3.8, 4) is 5.75 Å². The largest absolute Gasteiger partial charge is 0.497 e. The first kappa shape index (κ1) is 12.6. The van der Waals surface area contributed by atoms with Gasteiger partial charge in [-0.3, -0.25) is 0 Å². The molecule has 100 valence electrons. The fourth-order valence-electron chi connectivity index (χ4n) is 2.48. The van der Waals surface area contributed by atoms with E-state index in [0.717, 1.165) is 42.1 Å². The number of methoxy groups -OCH3 is 1. The van der Waals surface area contributed by atoms with E-state index >= 15 is 0 Å². The number of rotatable bonds is 3. The van der Waals surface area contributed by atoms with Crippen molar-refractivity contribution in [3.05, 3.63) is 45.4 Å². The van der Waals surface area contributed by atoms with Crippen LogP contribution in [0.25, 0.3) is 0 Å². The van der Waals surface area contributed by atoms with Crippen molar-refractivity contribution in [2.24, 2.45) is 0 Å². The molecular formula is C15H17NO2S. The van der Waals surface area contributed by atoms with Crippen molar-refractivity contribution >= 4 is 11.3 Å². The second kappa shape index (κ2) is 5.31. The summed E-state index contributed by atoms with van der Waals surface area (Å²) in [4.78, 5) is 5.87. The zero-order chi connectivity index (χ0) is 13.2. The third-order valence-corrected chi connectivity index (χ3v) is 4.59. The molecule has 1 unspecified atom stereocenters. The molecular weight excluding hydrogens is 258 g/mol. The molecule has 0 spiro atoms. The lowest BCUT2D eigenvalue weighted by Gasteiger charge is -2.14. The Bertz CT molecular complexity index is 579. The van der Waals surface area contributed by atoms with Crippen molar-refractivity contribution in [3.63, 3.8) is 0 Å². The third kappa shape index (κ3) is 2.65. The summed E-state index contributed by atoms with van der Waals surface area (Å²) in [7, 11) is 1.68. The number of aliphatic hydroxyl groups is 1. The van der Waals surface area contributed by atoms with Gasteiger partial charge in [0, 0.05) is 11.3 Å². The molecule has 1 heterocycles. The Hall–Kier alpha value is -1.39. The van der Waals surface area contributed by atoms with E-state index < -0.39 is 0 Å². The summed E-state index contributed by atoms with van der Waals surface area (Å²) >= 11 is 1.74. The van der Waals surface area contributed by atoms with Gasteiger partial charge in [0.1, 0.15) is 5.75 Å². The summed E-state index contributed by atoms with van der Waals surface area (Å²) in [6, 6.07) is 8.06. The minimum Gasteiger partial charge on any atom is -0.497 e. The van der Waals surface area contributed by atoms with Crippen LogP contribution in [0.15, 0.2) is 24.3 Å². The van der Waals surface area contributed by atoms with E-state index in [0.29, 0.717) is 0 Å². The molecule has 19 heavy (non-hydrogen) atoms. The molecule has 0 amide bonds. The molecule has 4 heteroatoms. The number of fused-ring (bicyclic) bond motifs is 1. The molecule has 1 aliphatic rings. The lowest BCUT2D eigenvalue weighted by Crippen LogP contribution is -2.07. The number of nitrogens with zero attached hydrogens (tertiary/aromatic N) is 1. The predicted octanol–water partition coefficient (Wildman–Crippen LogP) is 3.11. The van der Waals surface area contributed by atoms with E-state index in [-0.39, 0.29) is 6.10 Å². The summed E-state index contributed by atoms with van der Waals surface area (Å²) in [6.45, 7) is 0. The van der Waals surface area contributed by atoms with E-state index in [1.165, 1.54) is 10.4 Å². The molecule has 0 saturated carbocycles. The van der Waals surface area contributed by atoms with Gasteiger partial charge in [0.05, 0.1) is 23.9 Å². The first-order chi connectivity index (χ1) is 9.26. The number of aliphatic hydroxyl groups excluding tert-OH is 1. The zero-order valence-electron chi connectivity index (χ0n) is 10.9. The van der Waals surface area contributed by atoms with Gasteiger partial charge >= 0.3 is 0 Å². The molecule has 0 radical (unpaired) electrons. The monoisotopic (exact) mass is 275 g/mol. The van der Waals surface area contributed by atoms with E-state index in [1.54, 1.807) is 18.4 Å². The number of thiazole rings is 1. The van der Waals surface area contributed by atoms with Gasteiger partial charge in [-0.15, -0.1) is 11.3 Å². The van der Waals surface area contributed by atoms with Gasteiger partial charge in [-0.1, -0.05) is 12.1 Å². The van der Waals surface area contributed by atoms with E-state index in [9.17, 15) is 5.11 Å². The number of aromatic nitrogens is 1. The van der Waals surface area contributed by atoms with Crippen LogP contribution in [0.1, 0.15) is 40.1 Å². The van der Waals surface area contributed by atoms with Crippen LogP contribution >= 0.6 is 11.3 Å². The van der Waals surface area contributed by atoms with E-state index in [2.05, 4.69) is 11.1 Å². The lowest BCUT2D eigenvalue weighted by atomic mass is 10.0. The van der Waals surface area contributed by atoms with Gasteiger partial charge in [-0.05, 0) is 37.0 Å². The molecule has 3 nitrogen and oxygen atoms in total. The maximum Gasteiger partial charge on any atom is 0.119 e. The van der Waals surface area contributed by atoms with Crippen LogP contribution in [0.2, 0.25) is 0 Å². The Kier molecular flexibility index (Phi) is 3.53. The van der Waals surface area contributed by atoms with E-state index in [4.69, 9.17) is 4.74 Å². The molecule has 2 aromatic rings. The molecule has 0 bridgehead atoms. The normalized spacial score (nSPS) is 18.1. The van der Waals surface area contributed by atoms with Gasteiger partial charge in [-0.2, -0.15) is 0 Å². The second-order valence-electron chi connectivity index (χ2n) is 4.85. The maximum atomic E-state index is 9.95. The molecule has 1 aliphatic carbocycles. The Morgan fingerprint density at radius 3 is 3.16 bits per heavy atom. The van der Waals surface area contributed by atoms with Crippen molar-refractivity contribution in [2.75, 3.05) is 7.11 Å². The predicted molar refractivity (Wildman–Crippen MR) is 75.8 cm³/mol. The quantitative estimate of drug-likeness (QED) is 0.936. The fourth-order valence-corrected chi connectivity index (χ4v) is 3.68. The third-order valence-electron chi connectivity index (χ3n) is 3.46. The highest BCUT2D eigenvalue weighted by Crippen LogP contribution is 2.33. The summed E-state index contributed by atoms with van der Waals surface area (Å²) in [6.07, 6.45) is 3.41.